The van der Waals surface area contributed by atoms with Crippen LogP contribution in [0.3, 0.4) is 0 Å². The molecule has 6 heteroatoms. The number of carbonyl (C=O) groups is 2. The van der Waals surface area contributed by atoms with Crippen LogP contribution in [0.25, 0.3) is 0 Å². The van der Waals surface area contributed by atoms with E-state index >= 15 is 0 Å². The molecule has 0 spiro atoms. The van der Waals surface area contributed by atoms with Crippen molar-refractivity contribution in [3.8, 4) is 0 Å². The van der Waals surface area contributed by atoms with Crippen LogP contribution in [-0.2, 0) is 9.59 Å². The molecule has 0 aliphatic carbocycles. The highest BCUT2D eigenvalue weighted by Gasteiger charge is 2.25. The van der Waals surface area contributed by atoms with Crippen molar-refractivity contribution in [1.82, 2.24) is 0 Å². The Morgan fingerprint density at radius 2 is 1.87 bits per heavy atom. The van der Waals surface area contributed by atoms with Gasteiger partial charge in [0.2, 0.25) is 11.8 Å². The van der Waals surface area contributed by atoms with Gasteiger partial charge in [-0.1, -0.05) is 24.3 Å². The van der Waals surface area contributed by atoms with Crippen LogP contribution in [0.5, 0.6) is 0 Å². The maximum absolute atomic E-state index is 13.1. The van der Waals surface area contributed by atoms with Gasteiger partial charge in [-0.05, 0) is 29.8 Å². The van der Waals surface area contributed by atoms with Crippen LogP contribution in [0.2, 0.25) is 0 Å². The van der Waals surface area contributed by atoms with Gasteiger partial charge in [-0.3, -0.25) is 14.6 Å². The third-order valence-electron chi connectivity index (χ3n) is 3.54. The second-order valence-electron chi connectivity index (χ2n) is 5.18. The second-order valence-corrected chi connectivity index (χ2v) is 5.18. The Bertz CT molecular complexity index is 800. The van der Waals surface area contributed by atoms with Crippen LogP contribution in [0, 0.1) is 5.82 Å². The number of amides is 2. The molecular weight excluding hydrogens is 297 g/mol. The minimum atomic E-state index is -0.599. The van der Waals surface area contributed by atoms with E-state index in [9.17, 15) is 14.0 Å². The van der Waals surface area contributed by atoms with Crippen molar-refractivity contribution in [3.05, 3.63) is 59.9 Å². The minimum Gasteiger partial charge on any atom is -0.368 e. The highest BCUT2D eigenvalue weighted by molar-refractivity contribution is 6.18. The van der Waals surface area contributed by atoms with Crippen molar-refractivity contribution < 1.29 is 14.0 Å². The molecule has 2 aromatic rings. The molecule has 0 aromatic heterocycles. The van der Waals surface area contributed by atoms with Crippen molar-refractivity contribution in [2.75, 3.05) is 11.4 Å². The molecule has 1 aliphatic heterocycles. The molecule has 1 heterocycles. The number of halogens is 1. The second kappa shape index (κ2) is 6.00. The minimum absolute atomic E-state index is 0.00753. The fourth-order valence-corrected chi connectivity index (χ4v) is 2.48. The molecular formula is C17H14FN3O2. The zero-order chi connectivity index (χ0) is 16.4. The zero-order valence-corrected chi connectivity index (χ0v) is 12.2. The number of nitrogens with two attached hydrogens (primary N) is 1. The van der Waals surface area contributed by atoms with E-state index in [2.05, 4.69) is 4.99 Å². The van der Waals surface area contributed by atoms with Crippen molar-refractivity contribution in [2.45, 2.75) is 6.42 Å². The summed E-state index contributed by atoms with van der Waals surface area (Å²) < 4.78 is 13.1. The molecule has 1 aliphatic rings. The predicted octanol–water partition coefficient (Wildman–Crippen LogP) is 2.17. The molecule has 23 heavy (non-hydrogen) atoms. The molecule has 2 aromatic carbocycles. The Morgan fingerprint density at radius 3 is 2.57 bits per heavy atom. The quantitative estimate of drug-likeness (QED) is 0.943. The largest absolute Gasteiger partial charge is 0.368 e. The van der Waals surface area contributed by atoms with Gasteiger partial charge < -0.3 is 10.6 Å². The van der Waals surface area contributed by atoms with Crippen molar-refractivity contribution in [2.24, 2.45) is 10.7 Å². The Balaban J connectivity index is 2.07. The Labute approximate surface area is 132 Å². The third-order valence-corrected chi connectivity index (χ3v) is 3.54. The summed E-state index contributed by atoms with van der Waals surface area (Å²) in [5, 5.41) is 0. The first-order valence-electron chi connectivity index (χ1n) is 7.06. The van der Waals surface area contributed by atoms with Crippen molar-refractivity contribution in [1.29, 1.82) is 0 Å². The summed E-state index contributed by atoms with van der Waals surface area (Å²) in [6.45, 7) is -0.206. The number of carbonyl (C=O) groups excluding carboxylic acids is 2. The number of hydrogen-bond acceptors (Lipinski definition) is 3. The van der Waals surface area contributed by atoms with Crippen LogP contribution in [-0.4, -0.2) is 24.1 Å². The van der Waals surface area contributed by atoms with Gasteiger partial charge in [-0.2, -0.15) is 0 Å². The van der Waals surface area contributed by atoms with Gasteiger partial charge in [0.15, 0.2) is 0 Å². The molecule has 0 bridgehead atoms. The number of hydrogen-bond donors (Lipinski definition) is 1. The maximum atomic E-state index is 13.1. The van der Waals surface area contributed by atoms with Gasteiger partial charge in [0.1, 0.15) is 12.4 Å². The molecule has 2 amide bonds. The average molecular weight is 311 g/mol. The molecule has 2 N–H and O–H groups in total. The first kappa shape index (κ1) is 14.9. The number of nitrogens with zero attached hydrogens (tertiary/aromatic N) is 2. The van der Waals surface area contributed by atoms with Gasteiger partial charge in [-0.25, -0.2) is 4.39 Å². The van der Waals surface area contributed by atoms with Crippen LogP contribution in [0.4, 0.5) is 15.8 Å². The lowest BCUT2D eigenvalue weighted by Crippen LogP contribution is -2.38. The number of benzene rings is 2. The van der Waals surface area contributed by atoms with Crippen LogP contribution in [0.1, 0.15) is 12.0 Å². The molecule has 3 rings (SSSR count). The lowest BCUT2D eigenvalue weighted by atomic mass is 10.1. The first-order valence-corrected chi connectivity index (χ1v) is 7.06. The number of fused-ring (bicyclic) bond motifs is 1. The predicted molar refractivity (Wildman–Crippen MR) is 85.2 cm³/mol. The standard InChI is InChI=1S/C17H14FN3O2/c18-12-7-5-11(6-8-12)14-9-17(23)21(10-16(19)22)15-4-2-1-3-13(15)20-14/h1-8H,9-10H2,(H2,19,22). The summed E-state index contributed by atoms with van der Waals surface area (Å²) in [6.07, 6.45) is 0.00753. The summed E-state index contributed by atoms with van der Waals surface area (Å²) in [7, 11) is 0. The number of primary amides is 1. The Hall–Kier alpha value is -3.02. The summed E-state index contributed by atoms with van der Waals surface area (Å²) in [5.41, 5.74) is 7.53. The van der Waals surface area contributed by atoms with Crippen LogP contribution in [0.15, 0.2) is 53.5 Å². The maximum Gasteiger partial charge on any atom is 0.237 e. The molecule has 0 radical (unpaired) electrons. The molecule has 0 atom stereocenters. The van der Waals surface area contributed by atoms with E-state index < -0.39 is 5.91 Å². The van der Waals surface area contributed by atoms with Gasteiger partial charge in [0.25, 0.3) is 0 Å². The Morgan fingerprint density at radius 1 is 1.17 bits per heavy atom. The molecule has 116 valence electrons. The monoisotopic (exact) mass is 311 g/mol. The molecule has 0 saturated carbocycles. The molecule has 0 unspecified atom stereocenters. The normalized spacial score (nSPS) is 14.0. The lowest BCUT2D eigenvalue weighted by molar-refractivity contribution is -0.121. The number of rotatable bonds is 3. The fourth-order valence-electron chi connectivity index (χ4n) is 2.48. The van der Waals surface area contributed by atoms with Crippen molar-refractivity contribution in [3.63, 3.8) is 0 Å². The van der Waals surface area contributed by atoms with E-state index in [0.717, 1.165) is 0 Å². The third kappa shape index (κ3) is 3.11. The summed E-state index contributed by atoms with van der Waals surface area (Å²) in [6, 6.07) is 12.8. The SMILES string of the molecule is NC(=O)CN1C(=O)CC(c2ccc(F)cc2)=Nc2ccccc21. The van der Waals surface area contributed by atoms with E-state index in [1.807, 2.05) is 0 Å². The van der Waals surface area contributed by atoms with Crippen LogP contribution >= 0.6 is 0 Å². The number of aliphatic imine (C=N–C) groups is 1. The van der Waals surface area contributed by atoms with E-state index in [4.69, 9.17) is 5.73 Å². The van der Waals surface area contributed by atoms with E-state index in [1.165, 1.54) is 17.0 Å². The highest BCUT2D eigenvalue weighted by Crippen LogP contribution is 2.32. The summed E-state index contributed by atoms with van der Waals surface area (Å²) in [4.78, 5) is 29.7. The van der Waals surface area contributed by atoms with Gasteiger partial charge >= 0.3 is 0 Å². The highest BCUT2D eigenvalue weighted by atomic mass is 19.1. The lowest BCUT2D eigenvalue weighted by Gasteiger charge is -2.20. The fraction of sp³-hybridized carbons (Fsp3) is 0.118. The summed E-state index contributed by atoms with van der Waals surface area (Å²) in [5.74, 6) is -1.24. The van der Waals surface area contributed by atoms with Gasteiger partial charge in [0.05, 0.1) is 23.5 Å². The Kier molecular flexibility index (Phi) is 3.89. The van der Waals surface area contributed by atoms with E-state index in [1.54, 1.807) is 36.4 Å². The van der Waals surface area contributed by atoms with Crippen molar-refractivity contribution >= 4 is 28.9 Å². The number of para-hydroxylation sites is 2. The summed E-state index contributed by atoms with van der Waals surface area (Å²) >= 11 is 0. The molecule has 5 nitrogen and oxygen atoms in total. The van der Waals surface area contributed by atoms with E-state index in [-0.39, 0.29) is 24.7 Å². The van der Waals surface area contributed by atoms with Gasteiger partial charge in [0, 0.05) is 0 Å². The smallest absolute Gasteiger partial charge is 0.237 e. The average Bonchev–Trinajstić information content (AvgIpc) is 2.65. The van der Waals surface area contributed by atoms with Gasteiger partial charge in [-0.15, -0.1) is 0 Å². The topological polar surface area (TPSA) is 75.8 Å². The number of anilines is 1. The molecule has 0 saturated heterocycles. The molecule has 0 fully saturated rings. The zero-order valence-electron chi connectivity index (χ0n) is 12.2. The van der Waals surface area contributed by atoms with Crippen LogP contribution < -0.4 is 10.6 Å². The first-order chi connectivity index (χ1) is 11.0. The van der Waals surface area contributed by atoms with E-state index in [0.29, 0.717) is 22.6 Å².